The SMILES string of the molecule is O=C(CCN(Cc1ccccc1)S(=O)(=O)c1c(Cl)cccc1Cl)NC1CCCN(c2ccc(Br)cc2)C1=O. The van der Waals surface area contributed by atoms with Crippen molar-refractivity contribution >= 4 is 66.7 Å². The van der Waals surface area contributed by atoms with E-state index in [0.717, 1.165) is 22.1 Å². The molecule has 0 aromatic heterocycles. The van der Waals surface area contributed by atoms with Gasteiger partial charge in [-0.3, -0.25) is 9.59 Å². The van der Waals surface area contributed by atoms with E-state index in [4.69, 9.17) is 23.2 Å². The second-order valence-corrected chi connectivity index (χ2v) is 12.5. The van der Waals surface area contributed by atoms with Crippen LogP contribution in [-0.4, -0.2) is 43.7 Å². The number of carbonyl (C=O) groups is 2. The Morgan fingerprint density at radius 2 is 1.66 bits per heavy atom. The fourth-order valence-corrected chi connectivity index (χ4v) is 7.09. The number of anilines is 1. The smallest absolute Gasteiger partial charge is 0.249 e. The summed E-state index contributed by atoms with van der Waals surface area (Å²) in [6, 6.07) is 20.3. The molecule has 2 amide bonds. The maximum atomic E-state index is 13.6. The van der Waals surface area contributed by atoms with E-state index in [9.17, 15) is 18.0 Å². The van der Waals surface area contributed by atoms with Crippen LogP contribution in [0.15, 0.2) is 82.2 Å². The topological polar surface area (TPSA) is 86.8 Å². The lowest BCUT2D eigenvalue weighted by Gasteiger charge is -2.33. The molecule has 1 heterocycles. The molecular weight excluding hydrogens is 613 g/mol. The normalized spacial score (nSPS) is 16.1. The van der Waals surface area contributed by atoms with Gasteiger partial charge in [0.25, 0.3) is 0 Å². The molecule has 0 spiro atoms. The Labute approximate surface area is 240 Å². The summed E-state index contributed by atoms with van der Waals surface area (Å²) in [5.74, 6) is -0.608. The maximum absolute atomic E-state index is 13.6. The molecule has 1 fully saturated rings. The van der Waals surface area contributed by atoms with E-state index >= 15 is 0 Å². The highest BCUT2D eigenvalue weighted by atomic mass is 79.9. The van der Waals surface area contributed by atoms with Crippen molar-refractivity contribution in [1.29, 1.82) is 0 Å². The van der Waals surface area contributed by atoms with Crippen molar-refractivity contribution in [2.45, 2.75) is 36.7 Å². The molecule has 3 aromatic carbocycles. The van der Waals surface area contributed by atoms with Gasteiger partial charge in [0.15, 0.2) is 0 Å². The van der Waals surface area contributed by atoms with E-state index in [1.807, 2.05) is 30.3 Å². The molecule has 0 radical (unpaired) electrons. The molecule has 1 atom stereocenters. The summed E-state index contributed by atoms with van der Waals surface area (Å²) in [5, 5.41) is 2.80. The first-order valence-electron chi connectivity index (χ1n) is 12.0. The molecule has 1 aliphatic heterocycles. The molecule has 0 saturated carbocycles. The van der Waals surface area contributed by atoms with Gasteiger partial charge in [0.2, 0.25) is 21.8 Å². The van der Waals surface area contributed by atoms with Crippen LogP contribution in [0.5, 0.6) is 0 Å². The molecule has 1 saturated heterocycles. The van der Waals surface area contributed by atoms with Gasteiger partial charge in [-0.1, -0.05) is 75.5 Å². The summed E-state index contributed by atoms with van der Waals surface area (Å²) in [5.41, 5.74) is 1.50. The summed E-state index contributed by atoms with van der Waals surface area (Å²) in [6.45, 7) is 0.466. The number of carbonyl (C=O) groups excluding carboxylic acids is 2. The van der Waals surface area contributed by atoms with Gasteiger partial charge in [0, 0.05) is 36.2 Å². The summed E-state index contributed by atoms with van der Waals surface area (Å²) in [4.78, 5) is 27.5. The van der Waals surface area contributed by atoms with Crippen LogP contribution in [0.2, 0.25) is 10.0 Å². The lowest BCUT2D eigenvalue weighted by Crippen LogP contribution is -2.52. The quantitative estimate of drug-likeness (QED) is 0.328. The van der Waals surface area contributed by atoms with Gasteiger partial charge >= 0.3 is 0 Å². The van der Waals surface area contributed by atoms with E-state index in [0.29, 0.717) is 13.0 Å². The fourth-order valence-electron chi connectivity index (χ4n) is 4.31. The number of halogens is 3. The van der Waals surface area contributed by atoms with E-state index in [1.165, 1.54) is 16.4 Å². The molecule has 11 heteroatoms. The van der Waals surface area contributed by atoms with Crippen molar-refractivity contribution in [3.05, 3.63) is 92.9 Å². The van der Waals surface area contributed by atoms with Crippen LogP contribution in [0.1, 0.15) is 24.8 Å². The first-order chi connectivity index (χ1) is 18.2. The molecule has 1 aliphatic rings. The minimum absolute atomic E-state index is 0.000786. The Bertz CT molecular complexity index is 1390. The molecule has 0 bridgehead atoms. The second kappa shape index (κ2) is 12.6. The minimum Gasteiger partial charge on any atom is -0.344 e. The van der Waals surface area contributed by atoms with Gasteiger partial charge in [-0.25, -0.2) is 8.42 Å². The third-order valence-corrected chi connectivity index (χ3v) is 9.55. The number of amides is 2. The van der Waals surface area contributed by atoms with Crippen molar-refractivity contribution in [2.24, 2.45) is 0 Å². The molecule has 1 unspecified atom stereocenters. The Kier molecular flexibility index (Phi) is 9.49. The third-order valence-electron chi connectivity index (χ3n) is 6.22. The monoisotopic (exact) mass is 637 g/mol. The van der Waals surface area contributed by atoms with Crippen LogP contribution in [0.25, 0.3) is 0 Å². The van der Waals surface area contributed by atoms with E-state index < -0.39 is 22.0 Å². The van der Waals surface area contributed by atoms with Crippen molar-refractivity contribution in [3.8, 4) is 0 Å². The predicted molar refractivity (Wildman–Crippen MR) is 153 cm³/mol. The largest absolute Gasteiger partial charge is 0.344 e. The summed E-state index contributed by atoms with van der Waals surface area (Å²) in [6.07, 6.45) is 1.10. The zero-order valence-corrected chi connectivity index (χ0v) is 24.2. The lowest BCUT2D eigenvalue weighted by molar-refractivity contribution is -0.128. The van der Waals surface area contributed by atoms with Gasteiger partial charge < -0.3 is 10.2 Å². The standard InChI is InChI=1S/C27H26BrCl2N3O4S/c28-20-11-13-21(14-12-20)33-16-5-10-24(27(33)35)31-25(34)15-17-32(18-19-6-2-1-3-7-19)38(36,37)26-22(29)8-4-9-23(26)30/h1-4,6-9,11-14,24H,5,10,15-18H2,(H,31,34). The minimum atomic E-state index is -4.14. The zero-order valence-electron chi connectivity index (χ0n) is 20.3. The zero-order chi connectivity index (χ0) is 27.3. The number of rotatable bonds is 9. The molecule has 200 valence electrons. The number of sulfonamides is 1. The summed E-state index contributed by atoms with van der Waals surface area (Å²) >= 11 is 15.8. The Morgan fingerprint density at radius 1 is 1.00 bits per heavy atom. The highest BCUT2D eigenvalue weighted by Crippen LogP contribution is 2.32. The van der Waals surface area contributed by atoms with E-state index in [2.05, 4.69) is 21.2 Å². The van der Waals surface area contributed by atoms with E-state index in [1.54, 1.807) is 35.2 Å². The van der Waals surface area contributed by atoms with Crippen LogP contribution >= 0.6 is 39.1 Å². The molecule has 4 rings (SSSR count). The molecule has 0 aliphatic carbocycles. The molecular formula is C27H26BrCl2N3O4S. The first-order valence-corrected chi connectivity index (χ1v) is 15.0. The Balaban J connectivity index is 1.48. The Hall–Kier alpha value is -2.43. The number of nitrogens with one attached hydrogen (secondary N) is 1. The van der Waals surface area contributed by atoms with Crippen LogP contribution in [0.4, 0.5) is 5.69 Å². The van der Waals surface area contributed by atoms with Crippen LogP contribution in [-0.2, 0) is 26.2 Å². The molecule has 7 nitrogen and oxygen atoms in total. The van der Waals surface area contributed by atoms with E-state index in [-0.39, 0.29) is 40.4 Å². The van der Waals surface area contributed by atoms with Gasteiger partial charge in [-0.2, -0.15) is 4.31 Å². The van der Waals surface area contributed by atoms with Gasteiger partial charge in [0.1, 0.15) is 10.9 Å². The van der Waals surface area contributed by atoms with Crippen molar-refractivity contribution in [1.82, 2.24) is 9.62 Å². The molecule has 1 N–H and O–H groups in total. The van der Waals surface area contributed by atoms with Crippen molar-refractivity contribution < 1.29 is 18.0 Å². The number of nitrogens with zero attached hydrogens (tertiary/aromatic N) is 2. The number of hydrogen-bond acceptors (Lipinski definition) is 4. The number of hydrogen-bond donors (Lipinski definition) is 1. The van der Waals surface area contributed by atoms with Crippen LogP contribution in [0.3, 0.4) is 0 Å². The van der Waals surface area contributed by atoms with Crippen LogP contribution < -0.4 is 10.2 Å². The molecule has 3 aromatic rings. The number of benzene rings is 3. The maximum Gasteiger partial charge on any atom is 0.249 e. The molecule has 38 heavy (non-hydrogen) atoms. The summed E-state index contributed by atoms with van der Waals surface area (Å²) < 4.78 is 29.3. The number of piperidine rings is 1. The highest BCUT2D eigenvalue weighted by molar-refractivity contribution is 9.10. The van der Waals surface area contributed by atoms with Crippen molar-refractivity contribution in [3.63, 3.8) is 0 Å². The van der Waals surface area contributed by atoms with Gasteiger partial charge in [-0.15, -0.1) is 0 Å². The summed E-state index contributed by atoms with van der Waals surface area (Å²) in [7, 11) is -4.14. The average molecular weight is 639 g/mol. The highest BCUT2D eigenvalue weighted by Gasteiger charge is 2.32. The van der Waals surface area contributed by atoms with Crippen LogP contribution in [0, 0.1) is 0 Å². The first kappa shape index (κ1) is 28.6. The predicted octanol–water partition coefficient (Wildman–Crippen LogP) is 5.65. The van der Waals surface area contributed by atoms with Gasteiger partial charge in [-0.05, 0) is 54.8 Å². The second-order valence-electron chi connectivity index (χ2n) is 8.85. The Morgan fingerprint density at radius 3 is 2.32 bits per heavy atom. The fraction of sp³-hybridized carbons (Fsp3) is 0.259. The van der Waals surface area contributed by atoms with Gasteiger partial charge in [0.05, 0.1) is 10.0 Å². The third kappa shape index (κ3) is 6.76. The lowest BCUT2D eigenvalue weighted by atomic mass is 10.0. The van der Waals surface area contributed by atoms with Crippen molar-refractivity contribution in [2.75, 3.05) is 18.0 Å². The average Bonchev–Trinajstić information content (AvgIpc) is 2.88.